The third-order valence-corrected chi connectivity index (χ3v) is 13.7. The van der Waals surface area contributed by atoms with Crippen LogP contribution in [0.4, 0.5) is 23.3 Å². The fourth-order valence-corrected chi connectivity index (χ4v) is 10.0. The van der Waals surface area contributed by atoms with Gasteiger partial charge in [-0.1, -0.05) is 59.6 Å². The van der Waals surface area contributed by atoms with Gasteiger partial charge in [-0.25, -0.2) is 19.9 Å². The Morgan fingerprint density at radius 1 is 0.449 bits per heavy atom. The van der Waals surface area contributed by atoms with E-state index in [9.17, 15) is 24.0 Å². The first-order valence-corrected chi connectivity index (χ1v) is 24.6. The van der Waals surface area contributed by atoms with Crippen molar-refractivity contribution < 1.29 is 24.0 Å². The number of nitrogens with two attached hydrogens (primary N) is 8. The molecule has 0 saturated carbocycles. The van der Waals surface area contributed by atoms with Gasteiger partial charge in [-0.3, -0.25) is 28.5 Å². The Bertz CT molecular complexity index is 4370. The second-order valence-electron chi connectivity index (χ2n) is 18.2. The molecule has 0 aliphatic rings. The van der Waals surface area contributed by atoms with E-state index in [0.717, 1.165) is 95.4 Å². The van der Waals surface area contributed by atoms with Gasteiger partial charge >= 0.3 is 0 Å². The lowest BCUT2D eigenvalue weighted by molar-refractivity contribution is 0.0942. The van der Waals surface area contributed by atoms with Crippen LogP contribution in [0.1, 0.15) is 72.6 Å². The highest BCUT2D eigenvalue weighted by Gasteiger charge is 2.21. The highest BCUT2D eigenvalue weighted by Crippen LogP contribution is 2.35. The van der Waals surface area contributed by atoms with Crippen LogP contribution in [-0.2, 0) is 20.1 Å². The number of anilines is 4. The Hall–Kier alpha value is -10.3. The van der Waals surface area contributed by atoms with Gasteiger partial charge < -0.3 is 59.6 Å². The van der Waals surface area contributed by atoms with Gasteiger partial charge in [0.1, 0.15) is 45.9 Å². The van der Waals surface area contributed by atoms with Crippen LogP contribution < -0.4 is 45.9 Å². The van der Waals surface area contributed by atoms with E-state index in [1.165, 1.54) is 11.5 Å². The summed E-state index contributed by atoms with van der Waals surface area (Å²) in [6, 6.07) is 33.8. The standard InChI is InChI=1S/C15H16N4O.C14H13ClN4O.C14H12N4O2.C13H12N4O/c1-3-19-12-5-4-8(2)6-9(12)10-7-11(14(17)20)13(16)18-15(10)19;1-2-19-11-4-3-7(15)5-8(11)9-6-10(13(17)20)12(16)18-14(9)19;1-7(19)18-11-5-3-2-4-8(11)9-6-10(13(16)20)12(15)17-14(9)18;1-17-10-5-3-2-4-7(10)8-6-9(12(15)18)11(14)16-13(8)17/h4-7H,3H2,1-2H3,(H2,16,18)(H2,17,20);3-6H,2H2,1H3,(H2,16,18)(H2,17,20);2-6H,1H3,(H2,15,17)(H2,16,20);2-6H,1H3,(H2,14,16)(H2,15,18). The number of benzene rings is 4. The quantitative estimate of drug-likeness (QED) is 0.0793. The highest BCUT2D eigenvalue weighted by atomic mass is 35.5. The van der Waals surface area contributed by atoms with E-state index in [1.54, 1.807) is 24.3 Å². The van der Waals surface area contributed by atoms with E-state index in [4.69, 9.17) is 57.5 Å². The van der Waals surface area contributed by atoms with Gasteiger partial charge in [-0.2, -0.15) is 0 Å². The minimum atomic E-state index is -0.642. The first kappa shape index (κ1) is 52.6. The third-order valence-electron chi connectivity index (χ3n) is 13.4. The number of fused-ring (bicyclic) bond motifs is 12. The van der Waals surface area contributed by atoms with E-state index >= 15 is 0 Å². The number of aryl methyl sites for hydroxylation is 4. The number of halogens is 1. The molecular formula is C56H53ClN16O5. The highest BCUT2D eigenvalue weighted by molar-refractivity contribution is 6.32. The van der Waals surface area contributed by atoms with Gasteiger partial charge in [0.05, 0.1) is 44.3 Å². The largest absolute Gasteiger partial charge is 0.383 e. The molecule has 0 radical (unpaired) electrons. The molecular weight excluding hydrogens is 1010 g/mol. The summed E-state index contributed by atoms with van der Waals surface area (Å²) in [6.45, 7) is 9.08. The summed E-state index contributed by atoms with van der Waals surface area (Å²) in [5.41, 5.74) is 53.0. The second kappa shape index (κ2) is 20.4. The maximum atomic E-state index is 11.9. The van der Waals surface area contributed by atoms with Crippen LogP contribution in [-0.4, -0.2) is 67.7 Å². The average Bonchev–Trinajstić information content (AvgIpc) is 4.17. The molecule has 16 N–H and O–H groups in total. The maximum Gasteiger partial charge on any atom is 0.252 e. The number of hydrogen-bond donors (Lipinski definition) is 8. The predicted octanol–water partition coefficient (Wildman–Crippen LogP) is 7.68. The number of nitrogen functional groups attached to an aromatic ring is 4. The fourth-order valence-electron chi connectivity index (χ4n) is 9.86. The maximum absolute atomic E-state index is 11.9. The lowest BCUT2D eigenvalue weighted by atomic mass is 10.1. The van der Waals surface area contributed by atoms with Crippen LogP contribution in [0, 0.1) is 6.92 Å². The molecule has 22 heteroatoms. The minimum absolute atomic E-state index is 0.0234. The Morgan fingerprint density at radius 2 is 0.821 bits per heavy atom. The molecule has 21 nitrogen and oxygen atoms in total. The van der Waals surface area contributed by atoms with Crippen LogP contribution in [0.3, 0.4) is 0 Å². The molecule has 4 aromatic carbocycles. The number of rotatable bonds is 6. The lowest BCUT2D eigenvalue weighted by Crippen LogP contribution is -2.15. The summed E-state index contributed by atoms with van der Waals surface area (Å²) in [5.74, 6) is -2.00. The summed E-state index contributed by atoms with van der Waals surface area (Å²) in [6.07, 6.45) is 0. The molecule has 0 saturated heterocycles. The summed E-state index contributed by atoms with van der Waals surface area (Å²) >= 11 is 6.06. The minimum Gasteiger partial charge on any atom is -0.383 e. The van der Waals surface area contributed by atoms with E-state index in [0.29, 0.717) is 16.1 Å². The topological polar surface area (TPSA) is 365 Å². The second-order valence-corrected chi connectivity index (χ2v) is 18.7. The number of carbonyl (C=O) groups excluding carboxylic acids is 5. The molecule has 78 heavy (non-hydrogen) atoms. The molecule has 4 amide bonds. The van der Waals surface area contributed by atoms with Crippen molar-refractivity contribution in [1.29, 1.82) is 0 Å². The lowest BCUT2D eigenvalue weighted by Gasteiger charge is -2.04. The fraction of sp³-hybridized carbons (Fsp3) is 0.125. The van der Waals surface area contributed by atoms with Crippen LogP contribution >= 0.6 is 11.6 Å². The number of primary amides is 4. The normalized spacial score (nSPS) is 11.2. The van der Waals surface area contributed by atoms with Crippen LogP contribution in [0.25, 0.3) is 87.7 Å². The number of aromatic nitrogens is 8. The van der Waals surface area contributed by atoms with Crippen molar-refractivity contribution in [1.82, 2.24) is 38.2 Å². The first-order valence-electron chi connectivity index (χ1n) is 24.3. The van der Waals surface area contributed by atoms with Crippen molar-refractivity contribution in [3.8, 4) is 0 Å². The number of pyridine rings is 4. The molecule has 12 aromatic rings. The summed E-state index contributed by atoms with van der Waals surface area (Å²) in [7, 11) is 1.92. The van der Waals surface area contributed by atoms with Crippen LogP contribution in [0.5, 0.6) is 0 Å². The van der Waals surface area contributed by atoms with Crippen molar-refractivity contribution in [2.75, 3.05) is 22.9 Å². The summed E-state index contributed by atoms with van der Waals surface area (Å²) in [4.78, 5) is 74.5. The van der Waals surface area contributed by atoms with Gasteiger partial charge in [-0.15, -0.1) is 0 Å². The predicted molar refractivity (Wildman–Crippen MR) is 309 cm³/mol. The molecule has 394 valence electrons. The first-order chi connectivity index (χ1) is 37.1. The number of amides is 4. The SMILES string of the molecule is CC(=O)n1c2ccccc2c2cc(C(N)=O)c(N)nc21.CCn1c2ccc(C)cc2c2cc(C(N)=O)c(N)nc21.CCn1c2ccc(Cl)cc2c2cc(C(N)=O)c(N)nc21.Cn1c2ccccc2c2cc(C(N)=O)c(N)nc21. The zero-order valence-corrected chi connectivity index (χ0v) is 43.7. The number of hydrogen-bond acceptors (Lipinski definition) is 13. The Kier molecular flexibility index (Phi) is 13.8. The van der Waals surface area contributed by atoms with E-state index in [-0.39, 0.29) is 51.4 Å². The van der Waals surface area contributed by atoms with E-state index in [1.807, 2.05) is 96.8 Å². The Morgan fingerprint density at radius 3 is 1.27 bits per heavy atom. The monoisotopic (exact) mass is 1060 g/mol. The molecule has 0 atom stereocenters. The number of para-hydroxylation sites is 2. The molecule has 0 unspecified atom stereocenters. The van der Waals surface area contributed by atoms with Crippen molar-refractivity contribution in [2.24, 2.45) is 30.0 Å². The molecule has 0 fully saturated rings. The number of nitrogens with zero attached hydrogens (tertiary/aromatic N) is 8. The molecule has 8 aromatic heterocycles. The van der Waals surface area contributed by atoms with Crippen LogP contribution in [0.15, 0.2) is 109 Å². The molecule has 0 spiro atoms. The third kappa shape index (κ3) is 9.12. The van der Waals surface area contributed by atoms with E-state index in [2.05, 4.69) is 49.6 Å². The van der Waals surface area contributed by atoms with Gasteiger partial charge in [0.2, 0.25) is 5.91 Å². The van der Waals surface area contributed by atoms with Crippen molar-refractivity contribution >= 4 is 152 Å². The number of carbonyl (C=O) groups is 5. The Balaban J connectivity index is 0.000000127. The van der Waals surface area contributed by atoms with E-state index < -0.39 is 23.6 Å². The Labute approximate surface area is 448 Å². The summed E-state index contributed by atoms with van der Waals surface area (Å²) in [5, 5.41) is 7.79. The molecule has 12 rings (SSSR count). The van der Waals surface area contributed by atoms with Crippen LogP contribution in [0.2, 0.25) is 5.02 Å². The molecule has 8 heterocycles. The summed E-state index contributed by atoms with van der Waals surface area (Å²) < 4.78 is 7.55. The molecule has 0 aliphatic heterocycles. The average molecular weight is 1070 g/mol. The van der Waals surface area contributed by atoms with Gasteiger partial charge in [0.25, 0.3) is 23.6 Å². The molecule has 0 aliphatic carbocycles. The van der Waals surface area contributed by atoms with Crippen molar-refractivity contribution in [2.45, 2.75) is 40.8 Å². The van der Waals surface area contributed by atoms with Crippen molar-refractivity contribution in [3.63, 3.8) is 0 Å². The van der Waals surface area contributed by atoms with Gasteiger partial charge in [-0.05, 0) is 87.5 Å². The molecule has 0 bridgehead atoms. The van der Waals surface area contributed by atoms with Crippen molar-refractivity contribution in [3.05, 3.63) is 142 Å². The van der Waals surface area contributed by atoms with Gasteiger partial charge in [0.15, 0.2) is 0 Å². The zero-order chi connectivity index (χ0) is 56.2. The van der Waals surface area contributed by atoms with Gasteiger partial charge in [0, 0.05) is 75.2 Å². The zero-order valence-electron chi connectivity index (χ0n) is 42.9. The smallest absolute Gasteiger partial charge is 0.252 e.